The number of Topliss-reactive ketones (excluding diaryl/α,β-unsaturated/α-hetero) is 1. The van der Waals surface area contributed by atoms with Crippen molar-refractivity contribution in [2.45, 2.75) is 40.0 Å². The molecule has 0 heterocycles. The molecule has 132 valence electrons. The van der Waals surface area contributed by atoms with Gasteiger partial charge in [-0.3, -0.25) is 9.59 Å². The first-order valence-corrected chi connectivity index (χ1v) is 8.27. The number of ether oxygens (including phenoxy) is 2. The van der Waals surface area contributed by atoms with Crippen LogP contribution in [0.5, 0.6) is 11.5 Å². The van der Waals surface area contributed by atoms with Gasteiger partial charge in [0.2, 0.25) is 0 Å². The van der Waals surface area contributed by atoms with Crippen molar-refractivity contribution in [2.24, 2.45) is 0 Å². The van der Waals surface area contributed by atoms with Crippen molar-refractivity contribution in [1.29, 1.82) is 0 Å². The highest BCUT2D eigenvalue weighted by molar-refractivity contribution is 5.95. The first-order chi connectivity index (χ1) is 11.8. The lowest BCUT2D eigenvalue weighted by atomic mass is 9.91. The van der Waals surface area contributed by atoms with Crippen LogP contribution in [0.15, 0.2) is 36.4 Å². The topological polar surface area (TPSA) is 52.6 Å². The second-order valence-corrected chi connectivity index (χ2v) is 6.33. The van der Waals surface area contributed by atoms with Crippen molar-refractivity contribution in [1.82, 2.24) is 0 Å². The number of carbonyl (C=O) groups excluding carboxylic acids is 2. The molecule has 4 nitrogen and oxygen atoms in total. The van der Waals surface area contributed by atoms with Crippen LogP contribution < -0.4 is 9.47 Å². The van der Waals surface area contributed by atoms with E-state index in [4.69, 9.17) is 9.47 Å². The number of esters is 1. The van der Waals surface area contributed by atoms with E-state index in [1.807, 2.05) is 32.0 Å². The highest BCUT2D eigenvalue weighted by Crippen LogP contribution is 2.30. The Kier molecular flexibility index (Phi) is 5.97. The Labute approximate surface area is 148 Å². The van der Waals surface area contributed by atoms with E-state index < -0.39 is 5.97 Å². The molecule has 0 saturated carbocycles. The van der Waals surface area contributed by atoms with Gasteiger partial charge in [-0.1, -0.05) is 31.2 Å². The summed E-state index contributed by atoms with van der Waals surface area (Å²) in [5.74, 6) is 0.836. The summed E-state index contributed by atoms with van der Waals surface area (Å²) in [6.45, 7) is 7.43. The molecule has 25 heavy (non-hydrogen) atoms. The highest BCUT2D eigenvalue weighted by atomic mass is 16.5. The maximum atomic E-state index is 11.7. The van der Waals surface area contributed by atoms with E-state index in [-0.39, 0.29) is 18.1 Å². The smallest absolute Gasteiger partial charge is 0.318 e. The molecule has 0 spiro atoms. The molecule has 0 bridgehead atoms. The van der Waals surface area contributed by atoms with Gasteiger partial charge in [0.1, 0.15) is 23.7 Å². The van der Waals surface area contributed by atoms with Crippen LogP contribution in [0, 0.1) is 13.8 Å². The van der Waals surface area contributed by atoms with Gasteiger partial charge in [0.05, 0.1) is 7.11 Å². The summed E-state index contributed by atoms with van der Waals surface area (Å²) >= 11 is 0. The first kappa shape index (κ1) is 18.7. The summed E-state index contributed by atoms with van der Waals surface area (Å²) in [4.78, 5) is 22.7. The molecule has 0 saturated heterocycles. The lowest BCUT2D eigenvalue weighted by Crippen LogP contribution is -2.12. The molecule has 2 rings (SSSR count). The highest BCUT2D eigenvalue weighted by Gasteiger charge is 2.14. The Hall–Kier alpha value is -2.62. The van der Waals surface area contributed by atoms with Crippen molar-refractivity contribution in [2.75, 3.05) is 7.11 Å². The Morgan fingerprint density at radius 3 is 1.92 bits per heavy atom. The van der Waals surface area contributed by atoms with Gasteiger partial charge in [-0.15, -0.1) is 0 Å². The number of aryl methyl sites for hydroxylation is 2. The van der Waals surface area contributed by atoms with Crippen molar-refractivity contribution >= 4 is 11.8 Å². The molecule has 1 unspecified atom stereocenters. The summed E-state index contributed by atoms with van der Waals surface area (Å²) in [7, 11) is 1.67. The third-order valence-corrected chi connectivity index (χ3v) is 4.23. The monoisotopic (exact) mass is 340 g/mol. The van der Waals surface area contributed by atoms with E-state index in [1.54, 1.807) is 13.2 Å². The lowest BCUT2D eigenvalue weighted by Gasteiger charge is -2.16. The summed E-state index contributed by atoms with van der Waals surface area (Å²) in [5, 5.41) is 0. The van der Waals surface area contributed by atoms with Crippen molar-refractivity contribution in [3.63, 3.8) is 0 Å². The van der Waals surface area contributed by atoms with E-state index in [9.17, 15) is 9.59 Å². The van der Waals surface area contributed by atoms with E-state index in [2.05, 4.69) is 19.1 Å². The Bertz CT molecular complexity index is 792. The molecule has 0 fully saturated rings. The average Bonchev–Trinajstić information content (AvgIpc) is 2.55. The van der Waals surface area contributed by atoms with Gasteiger partial charge in [0.25, 0.3) is 0 Å². The SMILES string of the molecule is COc1ccc(C(C)c2ccc(OC(=O)CC(C)=O)c(C)c2)cc1C. The Morgan fingerprint density at radius 1 is 0.960 bits per heavy atom. The molecule has 0 amide bonds. The van der Waals surface area contributed by atoms with E-state index >= 15 is 0 Å². The van der Waals surface area contributed by atoms with Crippen LogP contribution in [0.25, 0.3) is 0 Å². The normalized spacial score (nSPS) is 11.7. The number of rotatable bonds is 6. The zero-order valence-corrected chi connectivity index (χ0v) is 15.4. The van der Waals surface area contributed by atoms with Gasteiger partial charge in [-0.05, 0) is 55.2 Å². The van der Waals surface area contributed by atoms with Gasteiger partial charge in [-0.25, -0.2) is 0 Å². The van der Waals surface area contributed by atoms with E-state index in [0.717, 1.165) is 22.4 Å². The molecule has 0 aliphatic carbocycles. The van der Waals surface area contributed by atoms with Crippen LogP contribution in [0.2, 0.25) is 0 Å². The quantitative estimate of drug-likeness (QED) is 0.446. The fourth-order valence-electron chi connectivity index (χ4n) is 2.78. The largest absolute Gasteiger partial charge is 0.496 e. The summed E-state index contributed by atoms with van der Waals surface area (Å²) in [5.41, 5.74) is 4.29. The number of benzene rings is 2. The van der Waals surface area contributed by atoms with Crippen LogP contribution in [0.1, 0.15) is 48.4 Å². The molecule has 0 radical (unpaired) electrons. The second kappa shape index (κ2) is 7.97. The minimum atomic E-state index is -0.526. The maximum absolute atomic E-state index is 11.7. The second-order valence-electron chi connectivity index (χ2n) is 6.33. The average molecular weight is 340 g/mol. The molecule has 0 aromatic heterocycles. The number of ketones is 1. The van der Waals surface area contributed by atoms with E-state index in [0.29, 0.717) is 5.75 Å². The molecule has 2 aromatic rings. The molecule has 2 aromatic carbocycles. The van der Waals surface area contributed by atoms with Gasteiger partial charge < -0.3 is 9.47 Å². The predicted molar refractivity (Wildman–Crippen MR) is 97.4 cm³/mol. The first-order valence-electron chi connectivity index (χ1n) is 8.27. The van der Waals surface area contributed by atoms with Gasteiger partial charge in [0, 0.05) is 5.92 Å². The summed E-state index contributed by atoms with van der Waals surface area (Å²) in [6.07, 6.45) is -0.206. The van der Waals surface area contributed by atoms with Crippen LogP contribution in [-0.4, -0.2) is 18.9 Å². The number of carbonyl (C=O) groups is 2. The molecule has 1 atom stereocenters. The van der Waals surface area contributed by atoms with Crippen LogP contribution in [-0.2, 0) is 9.59 Å². The number of hydrogen-bond acceptors (Lipinski definition) is 4. The van der Waals surface area contributed by atoms with Crippen molar-refractivity contribution in [3.05, 3.63) is 58.7 Å². The van der Waals surface area contributed by atoms with Crippen molar-refractivity contribution < 1.29 is 19.1 Å². The molecule has 4 heteroatoms. The molecule has 0 N–H and O–H groups in total. The summed E-state index contributed by atoms with van der Waals surface area (Å²) < 4.78 is 10.6. The Morgan fingerprint density at radius 2 is 1.48 bits per heavy atom. The molecular formula is C21H24O4. The minimum absolute atomic E-state index is 0.199. The zero-order chi connectivity index (χ0) is 18.6. The third-order valence-electron chi connectivity index (χ3n) is 4.23. The lowest BCUT2D eigenvalue weighted by molar-refractivity contribution is -0.137. The van der Waals surface area contributed by atoms with Crippen LogP contribution >= 0.6 is 0 Å². The van der Waals surface area contributed by atoms with E-state index in [1.165, 1.54) is 12.5 Å². The van der Waals surface area contributed by atoms with Crippen LogP contribution in [0.3, 0.4) is 0 Å². The molecular weight excluding hydrogens is 316 g/mol. The molecule has 0 aliphatic heterocycles. The van der Waals surface area contributed by atoms with Gasteiger partial charge in [-0.2, -0.15) is 0 Å². The van der Waals surface area contributed by atoms with Gasteiger partial charge in [0.15, 0.2) is 0 Å². The fraction of sp³-hybridized carbons (Fsp3) is 0.333. The minimum Gasteiger partial charge on any atom is -0.496 e. The standard InChI is InChI=1S/C21H24O4/c1-13-10-17(6-8-19(13)24-5)16(4)18-7-9-20(14(2)11-18)25-21(23)12-15(3)22/h6-11,16H,12H2,1-5H3. The zero-order valence-electron chi connectivity index (χ0n) is 15.4. The van der Waals surface area contributed by atoms with Gasteiger partial charge >= 0.3 is 5.97 Å². The third kappa shape index (κ3) is 4.69. The van der Waals surface area contributed by atoms with Crippen LogP contribution in [0.4, 0.5) is 0 Å². The van der Waals surface area contributed by atoms with Crippen molar-refractivity contribution in [3.8, 4) is 11.5 Å². The summed E-state index contributed by atoms with van der Waals surface area (Å²) in [6, 6.07) is 11.9. The Balaban J connectivity index is 2.20. The number of methoxy groups -OCH3 is 1. The molecule has 0 aliphatic rings. The fourth-order valence-corrected chi connectivity index (χ4v) is 2.78. The number of hydrogen-bond donors (Lipinski definition) is 0. The maximum Gasteiger partial charge on any atom is 0.318 e. The predicted octanol–water partition coefficient (Wildman–Crippen LogP) is 4.35.